The van der Waals surface area contributed by atoms with E-state index in [4.69, 9.17) is 23.2 Å². The molecule has 1 heterocycles. The number of pyridine rings is 1. The van der Waals surface area contributed by atoms with Gasteiger partial charge in [-0.2, -0.15) is 0 Å². The third-order valence-corrected chi connectivity index (χ3v) is 4.29. The highest BCUT2D eigenvalue weighted by atomic mass is 35.5. The van der Waals surface area contributed by atoms with Gasteiger partial charge >= 0.3 is 0 Å². The highest BCUT2D eigenvalue weighted by Gasteiger charge is 2.21. The maximum atomic E-state index is 12.1. The zero-order valence-electron chi connectivity index (χ0n) is 10.2. The number of nitro groups is 1. The molecule has 110 valence electrons. The molecule has 0 unspecified atom stereocenters. The van der Waals surface area contributed by atoms with E-state index in [-0.39, 0.29) is 15.7 Å². The lowest BCUT2D eigenvalue weighted by molar-refractivity contribution is -0.384. The minimum atomic E-state index is -4.04. The van der Waals surface area contributed by atoms with Crippen molar-refractivity contribution in [1.82, 2.24) is 4.98 Å². The van der Waals surface area contributed by atoms with Crippen molar-refractivity contribution in [1.29, 1.82) is 0 Å². The van der Waals surface area contributed by atoms with Gasteiger partial charge in [-0.25, -0.2) is 13.4 Å². The maximum absolute atomic E-state index is 12.1. The lowest BCUT2D eigenvalue weighted by Gasteiger charge is -2.07. The van der Waals surface area contributed by atoms with Gasteiger partial charge in [-0.05, 0) is 18.2 Å². The van der Waals surface area contributed by atoms with Gasteiger partial charge in [-0.3, -0.25) is 14.8 Å². The Labute approximate surface area is 129 Å². The maximum Gasteiger partial charge on any atom is 0.289 e. The number of aromatic nitrogens is 1. The summed E-state index contributed by atoms with van der Waals surface area (Å²) in [4.78, 5) is 13.5. The molecule has 0 saturated heterocycles. The number of nitrogens with one attached hydrogen (secondary N) is 1. The van der Waals surface area contributed by atoms with E-state index < -0.39 is 20.6 Å². The largest absolute Gasteiger partial charge is 0.289 e. The van der Waals surface area contributed by atoms with Crippen molar-refractivity contribution in [2.75, 3.05) is 4.72 Å². The Morgan fingerprint density at radius 2 is 1.90 bits per heavy atom. The van der Waals surface area contributed by atoms with E-state index in [0.29, 0.717) is 5.02 Å². The number of nitrogens with zero attached hydrogens (tertiary/aromatic N) is 2. The third-order valence-electron chi connectivity index (χ3n) is 2.39. The summed E-state index contributed by atoms with van der Waals surface area (Å²) >= 11 is 11.4. The van der Waals surface area contributed by atoms with Crippen LogP contribution >= 0.6 is 23.2 Å². The van der Waals surface area contributed by atoms with E-state index in [2.05, 4.69) is 9.71 Å². The Morgan fingerprint density at radius 1 is 1.19 bits per heavy atom. The second-order valence-electron chi connectivity index (χ2n) is 3.84. The molecule has 21 heavy (non-hydrogen) atoms. The number of anilines is 1. The van der Waals surface area contributed by atoms with Crippen molar-refractivity contribution in [2.24, 2.45) is 0 Å². The zero-order chi connectivity index (χ0) is 15.6. The molecule has 1 N–H and O–H groups in total. The summed E-state index contributed by atoms with van der Waals surface area (Å²) in [7, 11) is -4.04. The van der Waals surface area contributed by atoms with Crippen LogP contribution in [0.2, 0.25) is 10.0 Å². The summed E-state index contributed by atoms with van der Waals surface area (Å²) in [6.45, 7) is 0. The Hall–Kier alpha value is -1.90. The van der Waals surface area contributed by atoms with E-state index in [1.54, 1.807) is 0 Å². The molecule has 0 amide bonds. The number of nitro benzene ring substituents is 1. The summed E-state index contributed by atoms with van der Waals surface area (Å²) < 4.78 is 26.5. The van der Waals surface area contributed by atoms with Crippen LogP contribution in [0.3, 0.4) is 0 Å². The minimum absolute atomic E-state index is 0.0000954. The van der Waals surface area contributed by atoms with Crippen LogP contribution in [0, 0.1) is 10.1 Å². The van der Waals surface area contributed by atoms with Crippen LogP contribution in [0.4, 0.5) is 11.5 Å². The van der Waals surface area contributed by atoms with Gasteiger partial charge in [0.05, 0.1) is 9.82 Å². The molecule has 1 aromatic carbocycles. The van der Waals surface area contributed by atoms with Crippen LogP contribution in [-0.4, -0.2) is 18.3 Å². The van der Waals surface area contributed by atoms with Gasteiger partial charge in [0.25, 0.3) is 15.7 Å². The molecule has 7 nitrogen and oxygen atoms in total. The van der Waals surface area contributed by atoms with Crippen LogP contribution < -0.4 is 4.72 Å². The number of hydrogen-bond donors (Lipinski definition) is 1. The van der Waals surface area contributed by atoms with E-state index in [1.807, 2.05) is 0 Å². The first-order chi connectivity index (χ1) is 9.79. The first-order valence-corrected chi connectivity index (χ1v) is 7.62. The average Bonchev–Trinajstić information content (AvgIpc) is 2.38. The van der Waals surface area contributed by atoms with E-state index >= 15 is 0 Å². The molecule has 0 bridgehead atoms. The smallest absolute Gasteiger partial charge is 0.263 e. The van der Waals surface area contributed by atoms with Gasteiger partial charge in [-0.15, -0.1) is 0 Å². The topological polar surface area (TPSA) is 102 Å². The molecule has 0 radical (unpaired) electrons. The average molecular weight is 348 g/mol. The van der Waals surface area contributed by atoms with Crippen molar-refractivity contribution < 1.29 is 13.3 Å². The molecular formula is C11H7Cl2N3O4S. The molecule has 0 aliphatic carbocycles. The zero-order valence-corrected chi connectivity index (χ0v) is 12.5. The lowest BCUT2D eigenvalue weighted by Crippen LogP contribution is -2.14. The van der Waals surface area contributed by atoms with Crippen molar-refractivity contribution >= 4 is 44.7 Å². The van der Waals surface area contributed by atoms with Crippen molar-refractivity contribution in [2.45, 2.75) is 4.90 Å². The fraction of sp³-hybridized carbons (Fsp3) is 0. The summed E-state index contributed by atoms with van der Waals surface area (Å²) in [5.74, 6) is 0.0000954. The predicted molar refractivity (Wildman–Crippen MR) is 78.2 cm³/mol. The SMILES string of the molecule is O=[N+]([O-])c1cc(S(=O)(=O)Nc2cc(Cl)ccn2)ccc1Cl. The summed E-state index contributed by atoms with van der Waals surface area (Å²) in [5, 5.41) is 10.9. The fourth-order valence-electron chi connectivity index (χ4n) is 1.46. The molecule has 0 aliphatic heterocycles. The molecule has 10 heteroatoms. The summed E-state index contributed by atoms with van der Waals surface area (Å²) in [5.41, 5.74) is -0.501. The van der Waals surface area contributed by atoms with Crippen LogP contribution in [0.15, 0.2) is 41.4 Å². The molecular weight excluding hydrogens is 341 g/mol. The second-order valence-corrected chi connectivity index (χ2v) is 6.36. The minimum Gasteiger partial charge on any atom is -0.263 e. The number of benzene rings is 1. The third kappa shape index (κ3) is 3.60. The molecule has 0 spiro atoms. The van der Waals surface area contributed by atoms with Gasteiger partial charge < -0.3 is 0 Å². The molecule has 0 aliphatic rings. The monoisotopic (exact) mass is 347 g/mol. The van der Waals surface area contributed by atoms with Crippen molar-refractivity contribution in [3.63, 3.8) is 0 Å². The van der Waals surface area contributed by atoms with E-state index in [1.165, 1.54) is 18.3 Å². The van der Waals surface area contributed by atoms with Gasteiger partial charge in [-0.1, -0.05) is 23.2 Å². The normalized spacial score (nSPS) is 11.1. The molecule has 0 fully saturated rings. The van der Waals surface area contributed by atoms with Crippen LogP contribution in [0.1, 0.15) is 0 Å². The van der Waals surface area contributed by atoms with E-state index in [9.17, 15) is 18.5 Å². The predicted octanol–water partition coefficient (Wildman–Crippen LogP) is 3.10. The molecule has 2 rings (SSSR count). The quantitative estimate of drug-likeness (QED) is 0.676. The lowest BCUT2D eigenvalue weighted by atomic mass is 10.3. The van der Waals surface area contributed by atoms with Crippen LogP contribution in [0.25, 0.3) is 0 Å². The number of hydrogen-bond acceptors (Lipinski definition) is 5. The van der Waals surface area contributed by atoms with Crippen molar-refractivity contribution in [3.8, 4) is 0 Å². The Morgan fingerprint density at radius 3 is 2.52 bits per heavy atom. The number of sulfonamides is 1. The standard InChI is InChI=1S/C11H7Cl2N3O4S/c12-7-3-4-14-11(5-7)15-21(19,20)8-1-2-9(13)10(6-8)16(17)18/h1-6H,(H,14,15). The highest BCUT2D eigenvalue weighted by Crippen LogP contribution is 2.28. The van der Waals surface area contributed by atoms with Gasteiger partial charge in [0.2, 0.25) is 0 Å². The second kappa shape index (κ2) is 5.84. The Balaban J connectivity index is 2.40. The first kappa shape index (κ1) is 15.5. The number of rotatable bonds is 4. The fourth-order valence-corrected chi connectivity index (χ4v) is 2.82. The first-order valence-electron chi connectivity index (χ1n) is 5.38. The summed E-state index contributed by atoms with van der Waals surface area (Å²) in [6, 6.07) is 5.95. The number of halogens is 2. The molecule has 0 atom stereocenters. The molecule has 2 aromatic rings. The Kier molecular flexibility index (Phi) is 4.31. The van der Waals surface area contributed by atoms with Crippen LogP contribution in [-0.2, 0) is 10.0 Å². The van der Waals surface area contributed by atoms with Gasteiger partial charge in [0.1, 0.15) is 10.8 Å². The Bertz CT molecular complexity index is 811. The van der Waals surface area contributed by atoms with Gasteiger partial charge in [0.15, 0.2) is 0 Å². The van der Waals surface area contributed by atoms with E-state index in [0.717, 1.165) is 18.2 Å². The van der Waals surface area contributed by atoms with Gasteiger partial charge in [0, 0.05) is 23.4 Å². The molecule has 1 aromatic heterocycles. The van der Waals surface area contributed by atoms with Crippen LogP contribution in [0.5, 0.6) is 0 Å². The highest BCUT2D eigenvalue weighted by molar-refractivity contribution is 7.92. The summed E-state index contributed by atoms with van der Waals surface area (Å²) in [6.07, 6.45) is 1.32. The molecule has 0 saturated carbocycles. The van der Waals surface area contributed by atoms with Crippen molar-refractivity contribution in [3.05, 3.63) is 56.7 Å².